The van der Waals surface area contributed by atoms with Crippen LogP contribution in [0.25, 0.3) is 0 Å². The molecule has 3 aromatic rings. The Morgan fingerprint density at radius 2 is 0.559 bits per heavy atom. The molecule has 1 saturated carbocycles. The molecule has 4 rings (SSSR count). The summed E-state index contributed by atoms with van der Waals surface area (Å²) in [4.78, 5) is 4.12. The number of hydrogen-bond donors (Lipinski definition) is 0. The molecule has 0 bridgehead atoms. The van der Waals surface area contributed by atoms with Crippen LogP contribution < -0.4 is 0 Å². The van der Waals surface area contributed by atoms with Crippen LogP contribution >= 0.6 is 69.6 Å². The van der Waals surface area contributed by atoms with Gasteiger partial charge in [-0.05, 0) is 57.2 Å². The third-order valence-electron chi connectivity index (χ3n) is 5.60. The lowest BCUT2D eigenvalue weighted by atomic mass is 9.97. The minimum Gasteiger partial charge on any atom is -0.120 e. The normalized spacial score (nSPS) is 26.6. The van der Waals surface area contributed by atoms with E-state index in [1.165, 1.54) is 31.4 Å². The van der Waals surface area contributed by atoms with E-state index in [-0.39, 0.29) is 10.9 Å². The van der Waals surface area contributed by atoms with Crippen LogP contribution in [-0.2, 0) is 10.9 Å². The standard InChI is InChI=1S/C21H21S.C6H6Cl6/c1-16-4-10-19(11-5-16)22(20-12-6-17(2)7-13-20)21-14-8-18(3)9-15-21;7-1-2(8)4(10)6(12)5(11)3(1)9/h4-15H,1-3H3;1-6H/q+1;/t;1-,2-,3-,4+,5+,6+. The van der Waals surface area contributed by atoms with E-state index >= 15 is 0 Å². The first kappa shape index (κ1) is 28.3. The van der Waals surface area contributed by atoms with Crippen LogP contribution in [0.2, 0.25) is 0 Å². The summed E-state index contributed by atoms with van der Waals surface area (Å²) in [5.74, 6) is 0. The average Bonchev–Trinajstić information content (AvgIpc) is 2.84. The molecule has 0 spiro atoms. The van der Waals surface area contributed by atoms with Crippen molar-refractivity contribution in [3.05, 3.63) is 89.5 Å². The SMILES string of the molecule is Cc1ccc([S+](c2ccc(C)cc2)c2ccc(C)cc2)cc1.Cl[C@H]1[C@H](Cl)[C@@H](Cl)[C@@H](Cl)[C@H](Cl)[C@H]1Cl. The van der Waals surface area contributed by atoms with E-state index in [0.29, 0.717) is 0 Å². The fourth-order valence-electron chi connectivity index (χ4n) is 3.49. The Labute approximate surface area is 236 Å². The zero-order valence-corrected chi connectivity index (χ0v) is 24.4. The number of benzene rings is 3. The quantitative estimate of drug-likeness (QED) is 0.209. The molecule has 0 aromatic heterocycles. The smallest absolute Gasteiger partial charge is 0.120 e. The minimum absolute atomic E-state index is 0.0394. The molecule has 182 valence electrons. The maximum absolute atomic E-state index is 5.88. The van der Waals surface area contributed by atoms with Gasteiger partial charge in [-0.25, -0.2) is 0 Å². The fraction of sp³-hybridized carbons (Fsp3) is 0.333. The first-order valence-corrected chi connectivity index (χ1v) is 14.7. The molecule has 0 aliphatic heterocycles. The van der Waals surface area contributed by atoms with E-state index in [1.54, 1.807) is 0 Å². The minimum atomic E-state index is -0.437. The maximum atomic E-state index is 5.88. The molecular weight excluding hydrogens is 569 g/mol. The summed E-state index contributed by atoms with van der Waals surface area (Å²) >= 11 is 35.3. The number of rotatable bonds is 3. The Morgan fingerprint density at radius 3 is 0.735 bits per heavy atom. The van der Waals surface area contributed by atoms with Crippen LogP contribution in [0.4, 0.5) is 0 Å². The zero-order chi connectivity index (χ0) is 25.0. The molecule has 0 unspecified atom stereocenters. The molecular formula is C27H27Cl6S+. The van der Waals surface area contributed by atoms with Crippen LogP contribution in [0.1, 0.15) is 16.7 Å². The third-order valence-corrected chi connectivity index (χ3v) is 11.9. The summed E-state index contributed by atoms with van der Waals surface area (Å²) in [6.45, 7) is 6.42. The topological polar surface area (TPSA) is 0 Å². The molecule has 0 N–H and O–H groups in total. The summed E-state index contributed by atoms with van der Waals surface area (Å²) in [5, 5.41) is -2.62. The number of alkyl halides is 6. The molecule has 0 saturated heterocycles. The highest BCUT2D eigenvalue weighted by Gasteiger charge is 2.46. The number of aryl methyl sites for hydroxylation is 3. The molecule has 0 amide bonds. The van der Waals surface area contributed by atoms with Gasteiger partial charge in [0.05, 0.1) is 43.2 Å². The summed E-state index contributed by atoms with van der Waals surface area (Å²) < 4.78 is 0. The molecule has 0 atom stereocenters. The van der Waals surface area contributed by atoms with Crippen LogP contribution in [0, 0.1) is 20.8 Å². The lowest BCUT2D eigenvalue weighted by Gasteiger charge is -2.37. The van der Waals surface area contributed by atoms with Gasteiger partial charge in [0.25, 0.3) is 0 Å². The summed E-state index contributed by atoms with van der Waals surface area (Å²) in [7, 11) is -0.0394. The molecule has 1 aliphatic carbocycles. The van der Waals surface area contributed by atoms with E-state index < -0.39 is 32.3 Å². The number of halogens is 6. The van der Waals surface area contributed by atoms with Gasteiger partial charge in [0, 0.05) is 0 Å². The van der Waals surface area contributed by atoms with Crippen molar-refractivity contribution in [1.82, 2.24) is 0 Å². The van der Waals surface area contributed by atoms with Crippen LogP contribution in [-0.4, -0.2) is 32.3 Å². The summed E-state index contributed by atoms with van der Waals surface area (Å²) in [6.07, 6.45) is 0. The van der Waals surface area contributed by atoms with Gasteiger partial charge in [-0.2, -0.15) is 0 Å². The van der Waals surface area contributed by atoms with Gasteiger partial charge in [0.15, 0.2) is 14.7 Å². The van der Waals surface area contributed by atoms with Crippen molar-refractivity contribution in [3.63, 3.8) is 0 Å². The Kier molecular flexibility index (Phi) is 10.7. The monoisotopic (exact) mass is 593 g/mol. The summed E-state index contributed by atoms with van der Waals surface area (Å²) in [6, 6.07) is 26.8. The van der Waals surface area contributed by atoms with Crippen molar-refractivity contribution >= 4 is 80.5 Å². The first-order valence-electron chi connectivity index (χ1n) is 10.9. The predicted octanol–water partition coefficient (Wildman–Crippen LogP) is 9.35. The fourth-order valence-corrected chi connectivity index (χ4v) is 7.85. The molecule has 7 heteroatoms. The molecule has 34 heavy (non-hydrogen) atoms. The highest BCUT2D eigenvalue weighted by molar-refractivity contribution is 7.97. The Bertz CT molecular complexity index is 872. The lowest BCUT2D eigenvalue weighted by Crippen LogP contribution is -2.52. The van der Waals surface area contributed by atoms with Crippen LogP contribution in [0.15, 0.2) is 87.5 Å². The second-order valence-corrected chi connectivity index (χ2v) is 13.5. The van der Waals surface area contributed by atoms with Crippen molar-refractivity contribution < 1.29 is 0 Å². The Balaban J connectivity index is 0.000000229. The third kappa shape index (κ3) is 6.94. The molecule has 0 heterocycles. The Hall–Kier alpha value is -0.250. The largest absolute Gasteiger partial charge is 0.166 e. The van der Waals surface area contributed by atoms with Crippen LogP contribution in [0.5, 0.6) is 0 Å². The van der Waals surface area contributed by atoms with Gasteiger partial charge >= 0.3 is 0 Å². The van der Waals surface area contributed by atoms with E-state index in [0.717, 1.165) is 0 Å². The van der Waals surface area contributed by atoms with Crippen molar-refractivity contribution in [2.45, 2.75) is 67.7 Å². The molecule has 0 radical (unpaired) electrons. The van der Waals surface area contributed by atoms with E-state index in [9.17, 15) is 0 Å². The van der Waals surface area contributed by atoms with E-state index in [4.69, 9.17) is 69.6 Å². The van der Waals surface area contributed by atoms with Crippen LogP contribution in [0.3, 0.4) is 0 Å². The van der Waals surface area contributed by atoms with E-state index in [2.05, 4.69) is 93.6 Å². The van der Waals surface area contributed by atoms with Gasteiger partial charge in [-0.15, -0.1) is 69.6 Å². The van der Waals surface area contributed by atoms with Crippen molar-refractivity contribution in [2.75, 3.05) is 0 Å². The van der Waals surface area contributed by atoms with Gasteiger partial charge in [-0.1, -0.05) is 53.1 Å². The predicted molar refractivity (Wildman–Crippen MR) is 154 cm³/mol. The molecule has 3 aromatic carbocycles. The second-order valence-electron chi connectivity index (χ2n) is 8.41. The van der Waals surface area contributed by atoms with Crippen molar-refractivity contribution in [1.29, 1.82) is 0 Å². The van der Waals surface area contributed by atoms with Gasteiger partial charge in [0.2, 0.25) is 0 Å². The maximum Gasteiger partial charge on any atom is 0.166 e. The van der Waals surface area contributed by atoms with E-state index in [1.807, 2.05) is 0 Å². The molecule has 1 aliphatic rings. The lowest BCUT2D eigenvalue weighted by molar-refractivity contribution is 0.544. The first-order chi connectivity index (χ1) is 16.1. The molecule has 1 fully saturated rings. The number of hydrogen-bond acceptors (Lipinski definition) is 0. The zero-order valence-electron chi connectivity index (χ0n) is 19.1. The average molecular weight is 596 g/mol. The Morgan fingerprint density at radius 1 is 0.382 bits per heavy atom. The van der Waals surface area contributed by atoms with Crippen molar-refractivity contribution in [2.24, 2.45) is 0 Å². The van der Waals surface area contributed by atoms with Gasteiger partial charge in [0.1, 0.15) is 0 Å². The highest BCUT2D eigenvalue weighted by Crippen LogP contribution is 2.39. The highest BCUT2D eigenvalue weighted by atomic mass is 35.5. The van der Waals surface area contributed by atoms with Crippen molar-refractivity contribution in [3.8, 4) is 0 Å². The van der Waals surface area contributed by atoms with Gasteiger partial charge in [-0.3, -0.25) is 0 Å². The molecule has 0 nitrogen and oxygen atoms in total. The van der Waals surface area contributed by atoms with Gasteiger partial charge < -0.3 is 0 Å². The second kappa shape index (κ2) is 12.8. The summed E-state index contributed by atoms with van der Waals surface area (Å²) in [5.41, 5.74) is 3.92.